The highest BCUT2D eigenvalue weighted by molar-refractivity contribution is 8.76. The van der Waals surface area contributed by atoms with E-state index in [-0.39, 0.29) is 55.2 Å². The maximum absolute atomic E-state index is 14.8. The van der Waals surface area contributed by atoms with Gasteiger partial charge in [-0.05, 0) is 72.9 Å². The van der Waals surface area contributed by atoms with Crippen LogP contribution < -0.4 is 54.8 Å². The number of amides is 12. The Bertz CT molecular complexity index is 2860. The van der Waals surface area contributed by atoms with Crippen LogP contribution in [0.2, 0.25) is 0 Å². The fourth-order valence-corrected chi connectivity index (χ4v) is 11.0. The lowest BCUT2D eigenvalue weighted by atomic mass is 9.96. The summed E-state index contributed by atoms with van der Waals surface area (Å²) in [7, 11) is 1.88. The number of phenolic OH excluding ortho intramolecular Hbond substituents is 1. The second-order valence-electron chi connectivity index (χ2n) is 20.1. The van der Waals surface area contributed by atoms with Crippen molar-refractivity contribution < 1.29 is 67.6 Å². The number of primary amides is 3. The number of azide groups is 1. The number of aromatic hydroxyl groups is 1. The Labute approximate surface area is 483 Å². The van der Waals surface area contributed by atoms with E-state index in [9.17, 15) is 72.8 Å². The molecular formula is C50H68N16O15S2. The molecule has 2 saturated heterocycles. The van der Waals surface area contributed by atoms with Crippen molar-refractivity contribution in [2.24, 2.45) is 39.9 Å². The fraction of sp³-hybridized carbons (Fsp3) is 0.520. The standard InChI is InChI=1S/C50H68N16O15S2/c1-5-25(4)41-47(76)56-31(13-15-38(52)68)43(72)58-33(20-39(53)69)44(73)60-35(23-83-82-22-30(51)42(71)57-32(45(74)61-41)18-26-8-11-28(67)12-9-26)50(79)64-16-6-7-37(64)46(75)59-34(17-24(2)3)49(78)65(21-40(54)70)48(77)29-19-27(62-63-55)10-14-36(29)66(80)81/h8-12,14,19,24-25,30-35,37,41,67H,5-7,13,15-18,20-23,51H2,1-4H3,(H2,52,68)(H2,53,69)(H2,54,70)(H,56,76)(H,57,71)(H,58,72)(H,59,75)(H,60,73)(H,61,74)/t25-,30-,31-,32-,33-,34-,35-,37-,41-/m0/s1. The van der Waals surface area contributed by atoms with Gasteiger partial charge in [-0.15, -0.1) is 0 Å². The van der Waals surface area contributed by atoms with Crippen LogP contribution in [0.5, 0.6) is 5.75 Å². The van der Waals surface area contributed by atoms with Crippen LogP contribution >= 0.6 is 21.6 Å². The molecule has 2 aliphatic rings. The first kappa shape index (κ1) is 67.0. The monoisotopic (exact) mass is 1200 g/mol. The van der Waals surface area contributed by atoms with Crippen molar-refractivity contribution in [3.8, 4) is 5.75 Å². The summed E-state index contributed by atoms with van der Waals surface area (Å²) in [5.74, 6) is -14.3. The zero-order valence-corrected chi connectivity index (χ0v) is 47.4. The number of nitrogens with zero attached hydrogens (tertiary/aromatic N) is 6. The number of rotatable bonds is 20. The first-order valence-corrected chi connectivity index (χ1v) is 28.6. The topological polar surface area (TPSA) is 500 Å². The van der Waals surface area contributed by atoms with Crippen LogP contribution in [0, 0.1) is 22.0 Å². The molecule has 12 amide bonds. The SMILES string of the molecule is CC[C@H](C)[C@@H]1NC(=O)[C@H](Cc2ccc(O)cc2)NC(=O)[C@@H](N)CSSC[C@@H](C(=O)N2CCC[C@H]2C(=O)N[C@@H](CC(C)C)C(=O)N(CC(N)=O)C(=O)c2cc(N=[N+]=[N-])ccc2[N+](=O)[O-])NC(=O)[C@H](CC(N)=O)NC(=O)[C@H](CCC(N)=O)NC1=O. The maximum Gasteiger partial charge on any atom is 0.282 e. The van der Waals surface area contributed by atoms with Crippen LogP contribution in [-0.2, 0) is 59.2 Å². The minimum absolute atomic E-state index is 0.0303. The number of likely N-dealkylation sites (tertiary alicyclic amines) is 1. The summed E-state index contributed by atoms with van der Waals surface area (Å²) in [4.78, 5) is 180. The summed E-state index contributed by atoms with van der Waals surface area (Å²) in [6.45, 7) is 5.39. The zero-order valence-electron chi connectivity index (χ0n) is 45.8. The van der Waals surface area contributed by atoms with Gasteiger partial charge in [0, 0.05) is 47.6 Å². The Balaban J connectivity index is 1.74. The summed E-state index contributed by atoms with van der Waals surface area (Å²) in [6, 6.07) is -3.82. The van der Waals surface area contributed by atoms with Crippen molar-refractivity contribution in [1.29, 1.82) is 0 Å². The molecule has 2 aromatic carbocycles. The van der Waals surface area contributed by atoms with E-state index in [4.69, 9.17) is 28.5 Å². The molecule has 0 spiro atoms. The lowest BCUT2D eigenvalue weighted by molar-refractivity contribution is -0.385. The average Bonchev–Trinajstić information content (AvgIpc) is 4.03. The van der Waals surface area contributed by atoms with E-state index in [1.807, 2.05) is 0 Å². The number of phenols is 1. The smallest absolute Gasteiger partial charge is 0.282 e. The first-order chi connectivity index (χ1) is 39.1. The lowest BCUT2D eigenvalue weighted by Crippen LogP contribution is -2.61. The van der Waals surface area contributed by atoms with E-state index >= 15 is 0 Å². The molecule has 33 heteroatoms. The molecule has 9 atom stereocenters. The van der Waals surface area contributed by atoms with E-state index in [2.05, 4.69) is 41.9 Å². The van der Waals surface area contributed by atoms with Crippen LogP contribution in [0.1, 0.15) is 88.6 Å². The molecule has 0 bridgehead atoms. The number of carbonyl (C=O) groups is 12. The largest absolute Gasteiger partial charge is 0.508 e. The third kappa shape index (κ3) is 19.8. The van der Waals surface area contributed by atoms with Gasteiger partial charge in [-0.3, -0.25) is 72.5 Å². The normalized spacial score (nSPS) is 21.9. The van der Waals surface area contributed by atoms with Crippen LogP contribution in [0.15, 0.2) is 47.6 Å². The Morgan fingerprint density at radius 2 is 1.48 bits per heavy atom. The first-order valence-electron chi connectivity index (χ1n) is 26.1. The summed E-state index contributed by atoms with van der Waals surface area (Å²) >= 11 is 0. The number of carbonyl (C=O) groups excluding carboxylic acids is 12. The quantitative estimate of drug-likeness (QED) is 0.0185. The van der Waals surface area contributed by atoms with Crippen molar-refractivity contribution >= 4 is 104 Å². The number of nitro benzene ring substituents is 1. The molecule has 2 heterocycles. The van der Waals surface area contributed by atoms with E-state index in [1.54, 1.807) is 27.7 Å². The Kier molecular flexibility index (Phi) is 25.5. The van der Waals surface area contributed by atoms with Gasteiger partial charge in [0.1, 0.15) is 60.2 Å². The molecule has 15 N–H and O–H groups in total. The third-order valence-electron chi connectivity index (χ3n) is 13.2. The highest BCUT2D eigenvalue weighted by Crippen LogP contribution is 2.29. The molecule has 4 rings (SSSR count). The molecule has 2 aliphatic heterocycles. The lowest BCUT2D eigenvalue weighted by Gasteiger charge is -2.32. The second-order valence-corrected chi connectivity index (χ2v) is 22.6. The van der Waals surface area contributed by atoms with Gasteiger partial charge in [-0.2, -0.15) is 0 Å². The number of hydrogen-bond acceptors (Lipinski definition) is 19. The minimum Gasteiger partial charge on any atom is -0.508 e. The van der Waals surface area contributed by atoms with Gasteiger partial charge in [0.15, 0.2) is 0 Å². The van der Waals surface area contributed by atoms with E-state index < -0.39 is 173 Å². The highest BCUT2D eigenvalue weighted by atomic mass is 33.1. The summed E-state index contributed by atoms with van der Waals surface area (Å²) in [6.07, 6.45) is -1.74. The Morgan fingerprint density at radius 1 is 0.855 bits per heavy atom. The average molecular weight is 1200 g/mol. The van der Waals surface area contributed by atoms with Crippen LogP contribution in [0.4, 0.5) is 11.4 Å². The Hall–Kier alpha value is -8.55. The van der Waals surface area contributed by atoms with Gasteiger partial charge in [0.25, 0.3) is 17.5 Å². The molecule has 83 heavy (non-hydrogen) atoms. The van der Waals surface area contributed by atoms with Crippen molar-refractivity contribution in [3.63, 3.8) is 0 Å². The molecule has 0 saturated carbocycles. The molecule has 2 aromatic rings. The predicted molar refractivity (Wildman–Crippen MR) is 299 cm³/mol. The third-order valence-corrected chi connectivity index (χ3v) is 15.7. The second kappa shape index (κ2) is 31.6. The van der Waals surface area contributed by atoms with Gasteiger partial charge in [0.05, 0.1) is 17.4 Å². The highest BCUT2D eigenvalue weighted by Gasteiger charge is 2.42. The van der Waals surface area contributed by atoms with Crippen molar-refractivity contribution in [3.05, 3.63) is 74.1 Å². The number of nitro groups is 1. The predicted octanol–water partition coefficient (Wildman–Crippen LogP) is -1.21. The van der Waals surface area contributed by atoms with E-state index in [0.717, 1.165) is 44.7 Å². The maximum atomic E-state index is 14.8. The van der Waals surface area contributed by atoms with Crippen LogP contribution in [0.3, 0.4) is 0 Å². The summed E-state index contributed by atoms with van der Waals surface area (Å²) < 4.78 is 0. The molecule has 2 fully saturated rings. The van der Waals surface area contributed by atoms with Gasteiger partial charge in [-0.25, -0.2) is 0 Å². The molecule has 31 nitrogen and oxygen atoms in total. The molecule has 0 aliphatic carbocycles. The molecule has 0 unspecified atom stereocenters. The van der Waals surface area contributed by atoms with E-state index in [1.165, 1.54) is 24.3 Å². The van der Waals surface area contributed by atoms with Crippen LogP contribution in [-0.4, -0.2) is 164 Å². The minimum atomic E-state index is -1.86. The number of nitrogens with two attached hydrogens (primary N) is 4. The summed E-state index contributed by atoms with van der Waals surface area (Å²) in [5, 5.41) is 40.4. The van der Waals surface area contributed by atoms with Gasteiger partial charge in [0.2, 0.25) is 59.1 Å². The molecule has 0 aromatic heterocycles. The fourth-order valence-electron chi connectivity index (χ4n) is 8.74. The van der Waals surface area contributed by atoms with Crippen molar-refractivity contribution in [1.82, 2.24) is 41.7 Å². The van der Waals surface area contributed by atoms with Gasteiger partial charge in [-0.1, -0.05) is 73.0 Å². The molecule has 450 valence electrons. The van der Waals surface area contributed by atoms with Gasteiger partial charge < -0.3 is 64.8 Å². The van der Waals surface area contributed by atoms with Crippen molar-refractivity contribution in [2.75, 3.05) is 24.6 Å². The molecular weight excluding hydrogens is 1130 g/mol. The number of benzene rings is 2. The van der Waals surface area contributed by atoms with Crippen molar-refractivity contribution in [2.45, 2.75) is 127 Å². The van der Waals surface area contributed by atoms with Crippen LogP contribution in [0.25, 0.3) is 10.4 Å². The number of nitrogens with one attached hydrogen (secondary N) is 6. The number of hydrogen-bond donors (Lipinski definition) is 11. The number of imide groups is 1. The summed E-state index contributed by atoms with van der Waals surface area (Å²) in [5.41, 5.74) is 30.3. The zero-order chi connectivity index (χ0) is 61.8. The van der Waals surface area contributed by atoms with Gasteiger partial charge >= 0.3 is 0 Å². The molecule has 0 radical (unpaired) electrons. The Morgan fingerprint density at radius 3 is 2.08 bits per heavy atom. The van der Waals surface area contributed by atoms with E-state index in [0.29, 0.717) is 16.9 Å².